The molecule has 78 valence electrons. The lowest BCUT2D eigenvalue weighted by molar-refractivity contribution is 0.407. The van der Waals surface area contributed by atoms with Crippen LogP contribution in [-0.2, 0) is 10.0 Å². The Balaban J connectivity index is 2.58. The molecule has 0 aliphatic carbocycles. The van der Waals surface area contributed by atoms with Gasteiger partial charge in [-0.05, 0) is 26.2 Å². The molecule has 0 saturated carbocycles. The van der Waals surface area contributed by atoms with Crippen molar-refractivity contribution in [2.24, 2.45) is 0 Å². The minimum Gasteiger partial charge on any atom is -0.212 e. The first-order valence-electron chi connectivity index (χ1n) is 5.07. The predicted octanol–water partition coefficient (Wildman–Crippen LogP) is 1.60. The van der Waals surface area contributed by atoms with E-state index in [4.69, 9.17) is 0 Å². The summed E-state index contributed by atoms with van der Waals surface area (Å²) in [6.45, 7) is 4.74. The zero-order valence-electron chi connectivity index (χ0n) is 8.49. The van der Waals surface area contributed by atoms with Gasteiger partial charge in [-0.15, -0.1) is 0 Å². The van der Waals surface area contributed by atoms with E-state index in [0.29, 0.717) is 5.75 Å². The quantitative estimate of drug-likeness (QED) is 0.699. The molecule has 0 radical (unpaired) electrons. The van der Waals surface area contributed by atoms with Gasteiger partial charge < -0.3 is 0 Å². The van der Waals surface area contributed by atoms with Gasteiger partial charge in [0, 0.05) is 12.6 Å². The van der Waals surface area contributed by atoms with Crippen LogP contribution >= 0.6 is 0 Å². The largest absolute Gasteiger partial charge is 0.214 e. The van der Waals surface area contributed by atoms with Crippen LogP contribution in [-0.4, -0.2) is 31.1 Å². The summed E-state index contributed by atoms with van der Waals surface area (Å²) in [6, 6.07) is 0.224. The van der Waals surface area contributed by atoms with Crippen LogP contribution in [0.5, 0.6) is 0 Å². The Morgan fingerprint density at radius 1 is 1.46 bits per heavy atom. The summed E-state index contributed by atoms with van der Waals surface area (Å²) < 4.78 is 25.1. The third-order valence-electron chi connectivity index (χ3n) is 2.61. The molecule has 1 atom stereocenters. The minimum absolute atomic E-state index is 0.224. The molecule has 1 aliphatic heterocycles. The van der Waals surface area contributed by atoms with Crippen molar-refractivity contribution in [1.29, 1.82) is 0 Å². The minimum atomic E-state index is -2.94. The van der Waals surface area contributed by atoms with E-state index in [1.165, 1.54) is 0 Å². The highest BCUT2D eigenvalue weighted by molar-refractivity contribution is 7.89. The maximum atomic E-state index is 11.7. The second-order valence-electron chi connectivity index (χ2n) is 3.77. The molecule has 1 aliphatic rings. The molecular weight excluding hydrogens is 186 g/mol. The van der Waals surface area contributed by atoms with Crippen LogP contribution in [0.25, 0.3) is 0 Å². The lowest BCUT2D eigenvalue weighted by atomic mass is 10.3. The number of hydrogen-bond acceptors (Lipinski definition) is 2. The Morgan fingerprint density at radius 2 is 2.15 bits per heavy atom. The topological polar surface area (TPSA) is 37.4 Å². The van der Waals surface area contributed by atoms with Crippen molar-refractivity contribution >= 4 is 10.0 Å². The molecule has 0 aromatic rings. The normalized spacial score (nSPS) is 25.2. The second-order valence-corrected chi connectivity index (χ2v) is 5.81. The third-order valence-corrected chi connectivity index (χ3v) is 4.67. The first-order chi connectivity index (χ1) is 6.08. The van der Waals surface area contributed by atoms with Crippen LogP contribution in [0.2, 0.25) is 0 Å². The van der Waals surface area contributed by atoms with Gasteiger partial charge >= 0.3 is 0 Å². The molecule has 3 nitrogen and oxygen atoms in total. The van der Waals surface area contributed by atoms with Gasteiger partial charge in [0.1, 0.15) is 0 Å². The van der Waals surface area contributed by atoms with Gasteiger partial charge in [-0.3, -0.25) is 0 Å². The number of unbranched alkanes of at least 4 members (excludes halogenated alkanes) is 1. The van der Waals surface area contributed by atoms with Crippen molar-refractivity contribution in [3.05, 3.63) is 0 Å². The van der Waals surface area contributed by atoms with Crippen molar-refractivity contribution in [2.75, 3.05) is 12.3 Å². The van der Waals surface area contributed by atoms with E-state index in [9.17, 15) is 8.42 Å². The number of hydrogen-bond donors (Lipinski definition) is 0. The fourth-order valence-corrected chi connectivity index (χ4v) is 3.71. The molecule has 1 heterocycles. The molecule has 1 rings (SSSR count). The van der Waals surface area contributed by atoms with Crippen molar-refractivity contribution in [1.82, 2.24) is 4.31 Å². The Morgan fingerprint density at radius 3 is 2.62 bits per heavy atom. The van der Waals surface area contributed by atoms with Gasteiger partial charge in [-0.1, -0.05) is 13.3 Å². The van der Waals surface area contributed by atoms with Crippen molar-refractivity contribution < 1.29 is 8.42 Å². The molecule has 0 spiro atoms. The van der Waals surface area contributed by atoms with Crippen molar-refractivity contribution in [2.45, 2.75) is 45.6 Å². The maximum Gasteiger partial charge on any atom is 0.214 e. The molecule has 0 bridgehead atoms. The molecule has 4 heteroatoms. The van der Waals surface area contributed by atoms with E-state index in [1.807, 2.05) is 13.8 Å². The summed E-state index contributed by atoms with van der Waals surface area (Å²) in [5.41, 5.74) is 0. The number of rotatable bonds is 4. The highest BCUT2D eigenvalue weighted by atomic mass is 32.2. The average Bonchev–Trinajstić information content (AvgIpc) is 2.48. The van der Waals surface area contributed by atoms with Crippen LogP contribution < -0.4 is 0 Å². The van der Waals surface area contributed by atoms with Gasteiger partial charge in [0.05, 0.1) is 5.75 Å². The average molecular weight is 205 g/mol. The molecule has 0 amide bonds. The van der Waals surface area contributed by atoms with Gasteiger partial charge in [-0.2, -0.15) is 4.31 Å². The second kappa shape index (κ2) is 4.42. The van der Waals surface area contributed by atoms with Crippen molar-refractivity contribution in [3.8, 4) is 0 Å². The monoisotopic (exact) mass is 205 g/mol. The van der Waals surface area contributed by atoms with E-state index >= 15 is 0 Å². The summed E-state index contributed by atoms with van der Waals surface area (Å²) >= 11 is 0. The Kier molecular flexibility index (Phi) is 3.74. The zero-order valence-corrected chi connectivity index (χ0v) is 9.31. The molecule has 0 aromatic heterocycles. The molecule has 0 N–H and O–H groups in total. The first kappa shape index (κ1) is 11.0. The lowest BCUT2D eigenvalue weighted by Gasteiger charge is -2.20. The van der Waals surface area contributed by atoms with E-state index in [-0.39, 0.29) is 6.04 Å². The van der Waals surface area contributed by atoms with Crippen molar-refractivity contribution in [3.63, 3.8) is 0 Å². The Hall–Kier alpha value is -0.0900. The number of nitrogens with zero attached hydrogens (tertiary/aromatic N) is 1. The van der Waals surface area contributed by atoms with E-state index < -0.39 is 10.0 Å². The van der Waals surface area contributed by atoms with Crippen LogP contribution in [0.4, 0.5) is 0 Å². The standard InChI is InChI=1S/C9H19NO2S/c1-3-4-8-13(11,12)10-7-5-6-9(10)2/h9H,3-8H2,1-2H3. The number of sulfonamides is 1. The zero-order chi connectivity index (χ0) is 9.90. The van der Waals surface area contributed by atoms with Crippen LogP contribution in [0.3, 0.4) is 0 Å². The van der Waals surface area contributed by atoms with Gasteiger partial charge in [0.15, 0.2) is 0 Å². The molecule has 1 unspecified atom stereocenters. The summed E-state index contributed by atoms with van der Waals surface area (Å²) in [5, 5.41) is 0. The van der Waals surface area contributed by atoms with Gasteiger partial charge in [0.2, 0.25) is 10.0 Å². The summed E-state index contributed by atoms with van der Waals surface area (Å²) in [7, 11) is -2.94. The molecule has 1 fully saturated rings. The molecule has 1 saturated heterocycles. The van der Waals surface area contributed by atoms with Crippen LogP contribution in [0.1, 0.15) is 39.5 Å². The third kappa shape index (κ3) is 2.68. The highest BCUT2D eigenvalue weighted by Gasteiger charge is 2.30. The molecular formula is C9H19NO2S. The van der Waals surface area contributed by atoms with Gasteiger partial charge in [-0.25, -0.2) is 8.42 Å². The smallest absolute Gasteiger partial charge is 0.212 e. The Bertz CT molecular complexity index is 248. The lowest BCUT2D eigenvalue weighted by Crippen LogP contribution is -2.35. The first-order valence-corrected chi connectivity index (χ1v) is 6.68. The molecule has 0 aromatic carbocycles. The van der Waals surface area contributed by atoms with E-state index in [0.717, 1.165) is 32.2 Å². The van der Waals surface area contributed by atoms with Crippen LogP contribution in [0, 0.1) is 0 Å². The summed E-state index contributed by atoms with van der Waals surface area (Å²) in [6.07, 6.45) is 3.77. The van der Waals surface area contributed by atoms with Crippen LogP contribution in [0.15, 0.2) is 0 Å². The van der Waals surface area contributed by atoms with E-state index in [2.05, 4.69) is 0 Å². The predicted molar refractivity (Wildman–Crippen MR) is 54.1 cm³/mol. The Labute approximate surface area is 81.2 Å². The summed E-state index contributed by atoms with van der Waals surface area (Å²) in [5.74, 6) is 0.327. The fourth-order valence-electron chi connectivity index (χ4n) is 1.76. The molecule has 13 heavy (non-hydrogen) atoms. The highest BCUT2D eigenvalue weighted by Crippen LogP contribution is 2.21. The fraction of sp³-hybridized carbons (Fsp3) is 1.00. The maximum absolute atomic E-state index is 11.7. The summed E-state index contributed by atoms with van der Waals surface area (Å²) in [4.78, 5) is 0. The SMILES string of the molecule is CCCCS(=O)(=O)N1CCCC1C. The van der Waals surface area contributed by atoms with Gasteiger partial charge in [0.25, 0.3) is 0 Å². The van der Waals surface area contributed by atoms with E-state index in [1.54, 1.807) is 4.31 Å².